The molecule has 114 valence electrons. The topological polar surface area (TPSA) is 104 Å². The molecule has 0 amide bonds. The van der Waals surface area contributed by atoms with Gasteiger partial charge >= 0.3 is 11.7 Å². The van der Waals surface area contributed by atoms with Crippen molar-refractivity contribution in [1.29, 1.82) is 0 Å². The van der Waals surface area contributed by atoms with E-state index in [0.717, 1.165) is 26.1 Å². The lowest BCUT2D eigenvalue weighted by atomic mass is 10.1. The second-order valence-corrected chi connectivity index (χ2v) is 4.76. The van der Waals surface area contributed by atoms with E-state index in [9.17, 15) is 14.9 Å². The summed E-state index contributed by atoms with van der Waals surface area (Å²) in [5.74, 6) is -0.0840. The number of esters is 1. The molecule has 1 aliphatic heterocycles. The molecule has 0 spiro atoms. The van der Waals surface area contributed by atoms with Crippen molar-refractivity contribution in [3.63, 3.8) is 0 Å². The van der Waals surface area contributed by atoms with Crippen LogP contribution in [0, 0.1) is 16.0 Å². The van der Waals surface area contributed by atoms with Crippen LogP contribution in [0.1, 0.15) is 23.3 Å². The number of hydrogen-bond acceptors (Lipinski definition) is 7. The number of nitrogens with zero attached hydrogens (tertiary/aromatic N) is 2. The van der Waals surface area contributed by atoms with Crippen molar-refractivity contribution in [1.82, 2.24) is 4.98 Å². The molecule has 21 heavy (non-hydrogen) atoms. The number of anilines is 1. The zero-order valence-corrected chi connectivity index (χ0v) is 11.7. The predicted molar refractivity (Wildman–Crippen MR) is 74.3 cm³/mol. The van der Waals surface area contributed by atoms with Crippen molar-refractivity contribution in [3.8, 4) is 0 Å². The molecule has 0 aromatic carbocycles. The van der Waals surface area contributed by atoms with Crippen LogP contribution in [-0.4, -0.2) is 42.7 Å². The highest BCUT2D eigenvalue weighted by Crippen LogP contribution is 2.23. The standard InChI is InChI=1S/C13H17N3O5/c1-20-13(17)10-2-3-11(16(18)19)12(15-10)14-6-4-9-5-7-21-8-9/h2-3,9H,4-8H2,1H3,(H,14,15). The Labute approximate surface area is 121 Å². The molecule has 1 aromatic heterocycles. The van der Waals surface area contributed by atoms with Gasteiger partial charge in [-0.25, -0.2) is 9.78 Å². The largest absolute Gasteiger partial charge is 0.464 e. The molecule has 0 saturated carbocycles. The third kappa shape index (κ3) is 3.88. The quantitative estimate of drug-likeness (QED) is 0.483. The van der Waals surface area contributed by atoms with E-state index in [1.165, 1.54) is 19.2 Å². The Morgan fingerprint density at radius 2 is 2.43 bits per heavy atom. The normalized spacial score (nSPS) is 17.5. The van der Waals surface area contributed by atoms with Crippen molar-refractivity contribution >= 4 is 17.5 Å². The summed E-state index contributed by atoms with van der Waals surface area (Å²) in [5, 5.41) is 13.9. The highest BCUT2D eigenvalue weighted by atomic mass is 16.6. The SMILES string of the molecule is COC(=O)c1ccc([N+](=O)[O-])c(NCCC2CCOC2)n1. The van der Waals surface area contributed by atoms with Crippen LogP contribution in [0.15, 0.2) is 12.1 Å². The average molecular weight is 295 g/mol. The van der Waals surface area contributed by atoms with Gasteiger partial charge < -0.3 is 14.8 Å². The number of ether oxygens (including phenoxy) is 2. The van der Waals surface area contributed by atoms with E-state index in [1.807, 2.05) is 0 Å². The summed E-state index contributed by atoms with van der Waals surface area (Å²) in [4.78, 5) is 25.8. The van der Waals surface area contributed by atoms with Gasteiger partial charge in [0.1, 0.15) is 0 Å². The molecule has 1 saturated heterocycles. The van der Waals surface area contributed by atoms with Crippen molar-refractivity contribution in [2.24, 2.45) is 5.92 Å². The molecular weight excluding hydrogens is 278 g/mol. The van der Waals surface area contributed by atoms with Crippen LogP contribution in [0.25, 0.3) is 0 Å². The molecule has 1 N–H and O–H groups in total. The minimum absolute atomic E-state index is 0.0369. The highest BCUT2D eigenvalue weighted by molar-refractivity contribution is 5.88. The fourth-order valence-corrected chi connectivity index (χ4v) is 2.15. The van der Waals surface area contributed by atoms with Crippen LogP contribution in [0.3, 0.4) is 0 Å². The third-order valence-electron chi connectivity index (χ3n) is 3.33. The van der Waals surface area contributed by atoms with Crippen LogP contribution >= 0.6 is 0 Å². The van der Waals surface area contributed by atoms with Crippen molar-refractivity contribution in [2.45, 2.75) is 12.8 Å². The monoisotopic (exact) mass is 295 g/mol. The lowest BCUT2D eigenvalue weighted by molar-refractivity contribution is -0.384. The number of nitrogens with one attached hydrogen (secondary N) is 1. The van der Waals surface area contributed by atoms with Gasteiger partial charge in [0.2, 0.25) is 5.82 Å². The number of pyridine rings is 1. The van der Waals surface area contributed by atoms with Crippen LogP contribution in [0.2, 0.25) is 0 Å². The second-order valence-electron chi connectivity index (χ2n) is 4.76. The molecule has 1 aromatic rings. The molecule has 0 bridgehead atoms. The molecule has 8 nitrogen and oxygen atoms in total. The molecule has 1 atom stereocenters. The maximum atomic E-state index is 11.4. The molecule has 1 unspecified atom stereocenters. The Morgan fingerprint density at radius 1 is 1.62 bits per heavy atom. The van der Waals surface area contributed by atoms with E-state index in [4.69, 9.17) is 4.74 Å². The zero-order chi connectivity index (χ0) is 15.2. The van der Waals surface area contributed by atoms with Crippen molar-refractivity contribution < 1.29 is 19.2 Å². The Balaban J connectivity index is 2.06. The first-order chi connectivity index (χ1) is 10.1. The summed E-state index contributed by atoms with van der Waals surface area (Å²) in [6.07, 6.45) is 1.83. The summed E-state index contributed by atoms with van der Waals surface area (Å²) in [6.45, 7) is 2.02. The molecule has 8 heteroatoms. The van der Waals surface area contributed by atoms with Gasteiger partial charge in [-0.1, -0.05) is 0 Å². The maximum Gasteiger partial charge on any atom is 0.356 e. The van der Waals surface area contributed by atoms with Crippen LogP contribution in [0.4, 0.5) is 11.5 Å². The lowest BCUT2D eigenvalue weighted by Gasteiger charge is -2.10. The first kappa shape index (κ1) is 15.2. The Bertz CT molecular complexity index is 529. The zero-order valence-electron chi connectivity index (χ0n) is 11.7. The second kappa shape index (κ2) is 6.98. The van der Waals surface area contributed by atoms with Crippen LogP contribution in [-0.2, 0) is 9.47 Å². The number of carbonyl (C=O) groups is 1. The molecule has 1 fully saturated rings. The van der Waals surface area contributed by atoms with Gasteiger partial charge in [0.25, 0.3) is 0 Å². The maximum absolute atomic E-state index is 11.4. The van der Waals surface area contributed by atoms with E-state index in [2.05, 4.69) is 15.0 Å². The van der Waals surface area contributed by atoms with Gasteiger partial charge in [-0.15, -0.1) is 0 Å². The van der Waals surface area contributed by atoms with E-state index >= 15 is 0 Å². The summed E-state index contributed by atoms with van der Waals surface area (Å²) < 4.78 is 9.84. The van der Waals surface area contributed by atoms with E-state index in [0.29, 0.717) is 12.5 Å². The first-order valence-corrected chi connectivity index (χ1v) is 6.67. The Kier molecular flexibility index (Phi) is 5.04. The van der Waals surface area contributed by atoms with Gasteiger partial charge in [0.15, 0.2) is 5.69 Å². The fraction of sp³-hybridized carbons (Fsp3) is 0.538. The van der Waals surface area contributed by atoms with E-state index in [-0.39, 0.29) is 17.2 Å². The van der Waals surface area contributed by atoms with Crippen LogP contribution in [0.5, 0.6) is 0 Å². The average Bonchev–Trinajstić information content (AvgIpc) is 2.99. The predicted octanol–water partition coefficient (Wildman–Crippen LogP) is 1.61. The third-order valence-corrected chi connectivity index (χ3v) is 3.33. The minimum atomic E-state index is -0.628. The summed E-state index contributed by atoms with van der Waals surface area (Å²) >= 11 is 0. The number of nitro groups is 1. The van der Waals surface area contributed by atoms with Gasteiger partial charge in [-0.3, -0.25) is 10.1 Å². The van der Waals surface area contributed by atoms with E-state index < -0.39 is 10.9 Å². The van der Waals surface area contributed by atoms with Crippen molar-refractivity contribution in [2.75, 3.05) is 32.2 Å². The Morgan fingerprint density at radius 3 is 3.05 bits per heavy atom. The van der Waals surface area contributed by atoms with Gasteiger partial charge in [-0.2, -0.15) is 0 Å². The number of hydrogen-bond donors (Lipinski definition) is 1. The van der Waals surface area contributed by atoms with E-state index in [1.54, 1.807) is 0 Å². The van der Waals surface area contributed by atoms with Crippen molar-refractivity contribution in [3.05, 3.63) is 27.9 Å². The van der Waals surface area contributed by atoms with Gasteiger partial charge in [0.05, 0.1) is 12.0 Å². The highest BCUT2D eigenvalue weighted by Gasteiger charge is 2.20. The lowest BCUT2D eigenvalue weighted by Crippen LogP contribution is -2.13. The fourth-order valence-electron chi connectivity index (χ4n) is 2.15. The number of carbonyl (C=O) groups excluding carboxylic acids is 1. The molecule has 1 aliphatic rings. The first-order valence-electron chi connectivity index (χ1n) is 6.67. The molecular formula is C13H17N3O5. The summed E-state index contributed by atoms with van der Waals surface area (Å²) in [6, 6.07) is 2.53. The van der Waals surface area contributed by atoms with Crippen LogP contribution < -0.4 is 5.32 Å². The minimum Gasteiger partial charge on any atom is -0.464 e. The smallest absolute Gasteiger partial charge is 0.356 e. The Hall–Kier alpha value is -2.22. The number of aromatic nitrogens is 1. The number of rotatable bonds is 6. The summed E-state index contributed by atoms with van der Waals surface area (Å²) in [7, 11) is 1.23. The van der Waals surface area contributed by atoms with Gasteiger partial charge in [-0.05, 0) is 24.8 Å². The summed E-state index contributed by atoms with van der Waals surface area (Å²) in [5.41, 5.74) is -0.125. The molecule has 2 rings (SSSR count). The molecule has 0 radical (unpaired) electrons. The molecule has 2 heterocycles. The van der Waals surface area contributed by atoms with Gasteiger partial charge in [0, 0.05) is 25.8 Å². The number of methoxy groups -OCH3 is 1. The molecule has 0 aliphatic carbocycles.